The number of benzene rings is 7. The van der Waals surface area contributed by atoms with Gasteiger partial charge in [0.2, 0.25) is 0 Å². The number of rotatable bonds is 10. The number of nitrogens with zero attached hydrogens (tertiary/aromatic N) is 3. The van der Waals surface area contributed by atoms with Crippen molar-refractivity contribution in [3.63, 3.8) is 0 Å². The Morgan fingerprint density at radius 1 is 0.548 bits per heavy atom. The number of hydrogen-bond acceptors (Lipinski definition) is 3. The summed E-state index contributed by atoms with van der Waals surface area (Å²) in [4.78, 5) is 10.2. The zero-order valence-corrected chi connectivity index (χ0v) is 38.0. The van der Waals surface area contributed by atoms with E-state index in [1.165, 1.54) is 0 Å². The molecular weight excluding hydrogens is 938 g/mol. The smallest absolute Gasteiger partial charge is 0.148 e. The standard InChI is InChI=1S/C57H50N3O.Pt/c1-36(2)39-22-24-41(25-23-39)43-30-31-58-52(35-43)46-33-44(40-14-8-7-9-15-40)32-45(34-46)50-19-13-20-53-56(50)59-57(51-16-10-11-21-54(51)61)60(53)47-28-26-42(27-29-47)55-48(37(3)4)17-12-18-49(55)38(5)6;/h7-33,35-38,61H,1-6H3;/q-1;/i36D,37D,38D;. The van der Waals surface area contributed by atoms with Crippen LogP contribution >= 0.6 is 0 Å². The van der Waals surface area contributed by atoms with E-state index >= 15 is 0 Å². The summed E-state index contributed by atoms with van der Waals surface area (Å²) in [7, 11) is 0. The molecule has 0 saturated heterocycles. The van der Waals surface area contributed by atoms with Gasteiger partial charge < -0.3 is 5.11 Å². The summed E-state index contributed by atoms with van der Waals surface area (Å²) in [5.74, 6) is -1.75. The van der Waals surface area contributed by atoms with Crippen molar-refractivity contribution in [2.45, 2.75) is 59.2 Å². The molecule has 1 N–H and O–H groups in total. The van der Waals surface area contributed by atoms with Gasteiger partial charge in [-0.1, -0.05) is 173 Å². The first-order valence-corrected chi connectivity index (χ1v) is 20.8. The van der Waals surface area contributed by atoms with Crippen molar-refractivity contribution in [3.05, 3.63) is 193 Å². The molecule has 0 radical (unpaired) electrons. The molecule has 0 aliphatic carbocycles. The van der Waals surface area contributed by atoms with Crippen LogP contribution in [0.15, 0.2) is 170 Å². The summed E-state index contributed by atoms with van der Waals surface area (Å²) in [5, 5.41) is 11.3. The Morgan fingerprint density at radius 2 is 1.16 bits per heavy atom. The Labute approximate surface area is 384 Å². The fourth-order valence-electron chi connectivity index (χ4n) is 8.30. The Morgan fingerprint density at radius 3 is 1.84 bits per heavy atom. The molecular formula is C57H50N3OPt-. The molecule has 2 aromatic heterocycles. The zero-order valence-electron chi connectivity index (χ0n) is 38.8. The molecule has 0 saturated carbocycles. The van der Waals surface area contributed by atoms with Crippen LogP contribution in [0.2, 0.25) is 0 Å². The maximum absolute atomic E-state index is 11.3. The van der Waals surface area contributed by atoms with E-state index in [9.17, 15) is 5.11 Å². The van der Waals surface area contributed by atoms with E-state index in [1.54, 1.807) is 6.07 Å². The minimum absolute atomic E-state index is 0. The quantitative estimate of drug-likeness (QED) is 0.139. The number of phenolic OH excluding ortho intramolecular Hbond substituents is 1. The fraction of sp³-hybridized carbons (Fsp3) is 0.158. The van der Waals surface area contributed by atoms with Crippen LogP contribution < -0.4 is 0 Å². The molecule has 4 nitrogen and oxygen atoms in total. The van der Waals surface area contributed by atoms with Crippen LogP contribution in [0.5, 0.6) is 5.75 Å². The Kier molecular flexibility index (Phi) is 11.2. The van der Waals surface area contributed by atoms with Gasteiger partial charge in [-0.05, 0) is 98.6 Å². The van der Waals surface area contributed by atoms with Gasteiger partial charge in [-0.2, -0.15) is 0 Å². The molecule has 0 atom stereocenters. The van der Waals surface area contributed by atoms with Crippen LogP contribution in [0.25, 0.3) is 83.9 Å². The molecule has 0 amide bonds. The number of fused-ring (bicyclic) bond motifs is 1. The summed E-state index contributed by atoms with van der Waals surface area (Å²) in [6.45, 7) is 11.3. The van der Waals surface area contributed by atoms with Crippen molar-refractivity contribution < 1.29 is 30.3 Å². The first kappa shape index (κ1) is 38.6. The molecule has 62 heavy (non-hydrogen) atoms. The maximum atomic E-state index is 11.3. The molecule has 0 aliphatic heterocycles. The van der Waals surface area contributed by atoms with Gasteiger partial charge in [0.1, 0.15) is 11.6 Å². The summed E-state index contributed by atoms with van der Waals surface area (Å²) in [6, 6.07) is 58.3. The monoisotopic (exact) mass is 990 g/mol. The van der Waals surface area contributed by atoms with E-state index in [0.717, 1.165) is 89.2 Å². The predicted molar refractivity (Wildman–Crippen MR) is 254 cm³/mol. The van der Waals surface area contributed by atoms with Gasteiger partial charge in [0.05, 0.1) is 16.6 Å². The van der Waals surface area contributed by atoms with E-state index in [-0.39, 0.29) is 26.8 Å². The number of pyridine rings is 1. The number of phenols is 1. The number of para-hydroxylation sites is 2. The average molecular weight is 991 g/mol. The molecule has 5 heteroatoms. The van der Waals surface area contributed by atoms with Gasteiger partial charge in [-0.3, -0.25) is 9.55 Å². The van der Waals surface area contributed by atoms with Crippen molar-refractivity contribution in [3.8, 4) is 78.6 Å². The normalized spacial score (nSPS) is 12.6. The molecule has 2 heterocycles. The van der Waals surface area contributed by atoms with E-state index in [0.29, 0.717) is 11.4 Å². The Bertz CT molecular complexity index is 3130. The summed E-state index contributed by atoms with van der Waals surface area (Å²) in [6.07, 6.45) is 1.84. The molecule has 0 fully saturated rings. The minimum Gasteiger partial charge on any atom is -0.507 e. The Balaban J connectivity index is 0.00000576. The largest absolute Gasteiger partial charge is 0.507 e. The van der Waals surface area contributed by atoms with Crippen LogP contribution in [0, 0.1) is 6.07 Å². The number of imidazole rings is 1. The third-order valence-corrected chi connectivity index (χ3v) is 11.5. The Hall–Kier alpha value is -6.35. The van der Waals surface area contributed by atoms with Gasteiger partial charge in [0.15, 0.2) is 0 Å². The van der Waals surface area contributed by atoms with E-state index in [4.69, 9.17) is 14.1 Å². The molecule has 9 aromatic rings. The molecule has 0 aliphatic rings. The average Bonchev–Trinajstić information content (AvgIpc) is 3.68. The third kappa shape index (κ3) is 8.20. The predicted octanol–water partition coefficient (Wildman–Crippen LogP) is 15.3. The number of aromatic nitrogens is 3. The first-order chi connectivity index (χ1) is 30.5. The summed E-state index contributed by atoms with van der Waals surface area (Å²) < 4.78 is 28.6. The van der Waals surface area contributed by atoms with Gasteiger partial charge in [0.25, 0.3) is 0 Å². The molecule has 0 unspecified atom stereocenters. The minimum atomic E-state index is -0.884. The van der Waals surface area contributed by atoms with Crippen LogP contribution in [0.1, 0.15) is 80.0 Å². The van der Waals surface area contributed by atoms with Crippen molar-refractivity contribution in [1.29, 1.82) is 0 Å². The van der Waals surface area contributed by atoms with Crippen LogP contribution in [0.4, 0.5) is 0 Å². The summed E-state index contributed by atoms with van der Waals surface area (Å²) >= 11 is 0. The van der Waals surface area contributed by atoms with E-state index in [2.05, 4.69) is 89.5 Å². The van der Waals surface area contributed by atoms with Crippen molar-refractivity contribution in [1.82, 2.24) is 14.5 Å². The SMILES string of the molecule is [2H]C(C)(C)c1ccc(-c2ccnc(-c3[c-]c(-c4cccc5c4nc(-c4ccccc4O)n5-c4ccc(-c5c(C([2H])(C)C)cccc5C([2H])(C)C)cc4)cc(-c4ccccc4)c3)c2)cc1.[Pt]. The molecule has 9 rings (SSSR count). The van der Waals surface area contributed by atoms with Crippen molar-refractivity contribution in [2.24, 2.45) is 0 Å². The van der Waals surface area contributed by atoms with Gasteiger partial charge in [0, 0.05) is 42.8 Å². The van der Waals surface area contributed by atoms with Crippen molar-refractivity contribution >= 4 is 11.0 Å². The number of hydrogen-bond donors (Lipinski definition) is 1. The van der Waals surface area contributed by atoms with Crippen LogP contribution in [0.3, 0.4) is 0 Å². The maximum Gasteiger partial charge on any atom is 0.148 e. The van der Waals surface area contributed by atoms with Gasteiger partial charge >= 0.3 is 0 Å². The molecule has 7 aromatic carbocycles. The van der Waals surface area contributed by atoms with E-state index in [1.807, 2.05) is 127 Å². The zero-order chi connectivity index (χ0) is 45.0. The molecule has 0 spiro atoms. The molecule has 0 bridgehead atoms. The second-order valence-corrected chi connectivity index (χ2v) is 16.3. The van der Waals surface area contributed by atoms with Gasteiger partial charge in [-0.25, -0.2) is 4.98 Å². The second kappa shape index (κ2) is 17.9. The van der Waals surface area contributed by atoms with Gasteiger partial charge in [-0.15, -0.1) is 23.8 Å². The molecule has 310 valence electrons. The second-order valence-electron chi connectivity index (χ2n) is 16.3. The topological polar surface area (TPSA) is 50.9 Å². The fourth-order valence-corrected chi connectivity index (χ4v) is 8.30. The van der Waals surface area contributed by atoms with Crippen molar-refractivity contribution in [2.75, 3.05) is 0 Å². The van der Waals surface area contributed by atoms with Crippen LogP contribution in [-0.2, 0) is 21.1 Å². The first-order valence-electron chi connectivity index (χ1n) is 22.3. The van der Waals surface area contributed by atoms with Crippen LogP contribution in [-0.4, -0.2) is 19.6 Å². The number of aromatic hydroxyl groups is 1. The third-order valence-electron chi connectivity index (χ3n) is 11.5. The summed E-state index contributed by atoms with van der Waals surface area (Å²) in [5.41, 5.74) is 15.0. The van der Waals surface area contributed by atoms with E-state index < -0.39 is 17.7 Å².